The molecule has 2 saturated heterocycles. The van der Waals surface area contributed by atoms with Crippen LogP contribution in [-0.4, -0.2) is 91.4 Å². The number of carboxylic acids is 1. The molecule has 0 spiro atoms. The van der Waals surface area contributed by atoms with Crippen molar-refractivity contribution in [3.63, 3.8) is 0 Å². The molecule has 332 valence electrons. The zero-order chi connectivity index (χ0) is 45.7. The second kappa shape index (κ2) is 25.5. The number of carbonyl (C=O) groups is 7. The van der Waals surface area contributed by atoms with Crippen LogP contribution in [0.2, 0.25) is 0 Å². The summed E-state index contributed by atoms with van der Waals surface area (Å²) in [5.74, 6) is -1.66. The van der Waals surface area contributed by atoms with Gasteiger partial charge in [-0.1, -0.05) is 98.2 Å². The van der Waals surface area contributed by atoms with Gasteiger partial charge in [0.15, 0.2) is 6.61 Å². The van der Waals surface area contributed by atoms with Crippen molar-refractivity contribution in [1.82, 2.24) is 20.6 Å². The summed E-state index contributed by atoms with van der Waals surface area (Å²) in [5.41, 5.74) is 5.77. The highest BCUT2D eigenvalue weighted by Crippen LogP contribution is 2.25. The maximum Gasteiger partial charge on any atom is 0.371 e. The quantitative estimate of drug-likeness (QED) is 0.0466. The summed E-state index contributed by atoms with van der Waals surface area (Å²) >= 11 is 2.03. The van der Waals surface area contributed by atoms with Gasteiger partial charge in [-0.3, -0.25) is 49.4 Å². The van der Waals surface area contributed by atoms with Crippen molar-refractivity contribution in [3.8, 4) is 11.5 Å². The van der Waals surface area contributed by atoms with Crippen molar-refractivity contribution < 1.29 is 53.0 Å². The first-order valence-corrected chi connectivity index (χ1v) is 21.8. The molecule has 2 unspecified atom stereocenters. The van der Waals surface area contributed by atoms with E-state index in [0.29, 0.717) is 41.4 Å². The summed E-state index contributed by atoms with van der Waals surface area (Å²) < 4.78 is 11.3. The number of ketones is 2. The number of benzene rings is 2. The van der Waals surface area contributed by atoms with Gasteiger partial charge in [-0.15, -0.1) is 0 Å². The largest absolute Gasteiger partial charge is 0.487 e. The van der Waals surface area contributed by atoms with Crippen LogP contribution >= 0.6 is 23.5 Å². The number of hydrogen-bond donors (Lipinski definition) is 3. The van der Waals surface area contributed by atoms with E-state index in [2.05, 4.69) is 32.7 Å². The van der Waals surface area contributed by atoms with Gasteiger partial charge in [-0.2, -0.15) is 0 Å². The van der Waals surface area contributed by atoms with Crippen molar-refractivity contribution in [2.24, 2.45) is 5.16 Å². The van der Waals surface area contributed by atoms with E-state index in [9.17, 15) is 33.6 Å². The summed E-state index contributed by atoms with van der Waals surface area (Å²) in [7, 11) is 1.48. The highest BCUT2D eigenvalue weighted by atomic mass is 32.2. The molecule has 2 aromatic carbocycles. The van der Waals surface area contributed by atoms with Gasteiger partial charge in [0, 0.05) is 19.3 Å². The number of ether oxygens (including phenoxy) is 2. The fourth-order valence-corrected chi connectivity index (χ4v) is 6.88. The monoisotopic (exact) mass is 899 g/mol. The Hall–Kier alpha value is -6.40. The molecule has 2 aliphatic heterocycles. The van der Waals surface area contributed by atoms with Gasteiger partial charge in [0.05, 0.1) is 16.2 Å². The maximum absolute atomic E-state index is 12.1. The molecule has 16 nitrogen and oxygen atoms in total. The Morgan fingerprint density at radius 3 is 1.41 bits per heavy atom. The molecule has 3 N–H and O–H groups in total. The van der Waals surface area contributed by atoms with Gasteiger partial charge in [0.25, 0.3) is 10.5 Å². The van der Waals surface area contributed by atoms with Gasteiger partial charge in [0.1, 0.15) is 36.6 Å². The smallest absolute Gasteiger partial charge is 0.371 e. The molecule has 1 saturated carbocycles. The minimum absolute atomic E-state index is 0.0901. The molecule has 63 heavy (non-hydrogen) atoms. The summed E-state index contributed by atoms with van der Waals surface area (Å²) in [5, 5.41) is 14.9. The zero-order valence-corrected chi connectivity index (χ0v) is 36.9. The van der Waals surface area contributed by atoms with E-state index in [0.717, 1.165) is 65.5 Å². The number of oxime groups is 1. The van der Waals surface area contributed by atoms with Crippen LogP contribution in [0.4, 0.5) is 9.59 Å². The van der Waals surface area contributed by atoms with Crippen molar-refractivity contribution in [2.45, 2.75) is 76.2 Å². The zero-order valence-electron chi connectivity index (χ0n) is 35.3. The van der Waals surface area contributed by atoms with Gasteiger partial charge < -0.3 is 19.4 Å². The topological polar surface area (TPSA) is 230 Å². The SMILES string of the molecule is C1CC1.CC(=O)C(=O)O.CCc1ccc(C(=O)COc2ccc(CC3SC(=O)NC3=O)cc2)nc1.CCc1ccc(C(COc2ccc(CC3SC(=O)NC3=O)cc2)=NOC)nc1. The second-order valence-corrected chi connectivity index (χ2v) is 16.3. The fourth-order valence-electron chi connectivity index (χ4n) is 5.16. The Bertz CT molecular complexity index is 2220. The van der Waals surface area contributed by atoms with Crippen LogP contribution in [0.3, 0.4) is 0 Å². The van der Waals surface area contributed by atoms with E-state index in [4.69, 9.17) is 19.4 Å². The normalized spacial score (nSPS) is 16.1. The number of imide groups is 2. The third-order valence-corrected chi connectivity index (χ3v) is 10.8. The fraction of sp³-hybridized carbons (Fsp3) is 0.333. The molecule has 0 radical (unpaired) electrons. The van der Waals surface area contributed by atoms with Gasteiger partial charge >= 0.3 is 5.97 Å². The Labute approximate surface area is 373 Å². The molecule has 2 aromatic heterocycles. The first kappa shape index (κ1) is 49.3. The number of aromatic nitrogens is 2. The van der Waals surface area contributed by atoms with Crippen LogP contribution in [0.1, 0.15) is 78.5 Å². The number of hydrogen-bond acceptors (Lipinski definition) is 15. The number of pyridine rings is 2. The average Bonchev–Trinajstić information content (AvgIpc) is 4.09. The van der Waals surface area contributed by atoms with E-state index in [1.54, 1.807) is 24.4 Å². The van der Waals surface area contributed by atoms with E-state index in [-0.39, 0.29) is 46.5 Å². The lowest BCUT2D eigenvalue weighted by Crippen LogP contribution is -2.25. The summed E-state index contributed by atoms with van der Waals surface area (Å²) in [6.07, 6.45) is 10.8. The lowest BCUT2D eigenvalue weighted by atomic mass is 10.1. The molecule has 4 heterocycles. The third kappa shape index (κ3) is 17.5. The Morgan fingerprint density at radius 1 is 0.667 bits per heavy atom. The summed E-state index contributed by atoms with van der Waals surface area (Å²) in [4.78, 5) is 90.2. The molecule has 4 aromatic rings. The number of carbonyl (C=O) groups excluding carboxylic acids is 6. The minimum Gasteiger partial charge on any atom is -0.487 e. The van der Waals surface area contributed by atoms with Crippen molar-refractivity contribution in [1.29, 1.82) is 0 Å². The Kier molecular flexibility index (Phi) is 19.9. The van der Waals surface area contributed by atoms with E-state index < -0.39 is 17.0 Å². The number of nitrogens with zero attached hydrogens (tertiary/aromatic N) is 3. The van der Waals surface area contributed by atoms with Gasteiger partial charge in [-0.25, -0.2) is 4.79 Å². The van der Waals surface area contributed by atoms with E-state index in [1.807, 2.05) is 67.7 Å². The lowest BCUT2D eigenvalue weighted by Gasteiger charge is -2.10. The Morgan fingerprint density at radius 2 is 1.08 bits per heavy atom. The third-order valence-electron chi connectivity index (χ3n) is 8.87. The van der Waals surface area contributed by atoms with Crippen LogP contribution in [0, 0.1) is 0 Å². The highest BCUT2D eigenvalue weighted by molar-refractivity contribution is 8.15. The van der Waals surface area contributed by atoms with Crippen molar-refractivity contribution in [3.05, 3.63) is 119 Å². The Balaban J connectivity index is 0.000000231. The number of nitrogens with one attached hydrogen (secondary N) is 2. The summed E-state index contributed by atoms with van der Waals surface area (Å²) in [6, 6.07) is 22.1. The van der Waals surface area contributed by atoms with Crippen LogP contribution in [0.25, 0.3) is 0 Å². The van der Waals surface area contributed by atoms with Crippen LogP contribution < -0.4 is 20.1 Å². The van der Waals surface area contributed by atoms with Gasteiger partial charge in [0.2, 0.25) is 23.4 Å². The number of Topliss-reactive ketones (excluding diaryl/α,β-unsaturated/α-hetero) is 2. The van der Waals surface area contributed by atoms with Crippen molar-refractivity contribution >= 4 is 69.1 Å². The van der Waals surface area contributed by atoms with Crippen LogP contribution in [0.5, 0.6) is 11.5 Å². The molecule has 4 amide bonds. The first-order chi connectivity index (χ1) is 30.3. The number of amides is 4. The molecule has 0 bridgehead atoms. The molecule has 3 fully saturated rings. The lowest BCUT2D eigenvalue weighted by molar-refractivity contribution is -0.148. The average molecular weight is 900 g/mol. The predicted molar refractivity (Wildman–Crippen MR) is 238 cm³/mol. The summed E-state index contributed by atoms with van der Waals surface area (Å²) in [6.45, 7) is 5.22. The molecule has 2 atom stereocenters. The van der Waals surface area contributed by atoms with Crippen molar-refractivity contribution in [2.75, 3.05) is 20.3 Å². The molecular weight excluding hydrogens is 851 g/mol. The number of aryl methyl sites for hydroxylation is 2. The minimum atomic E-state index is -1.38. The number of thioether (sulfide) groups is 2. The predicted octanol–water partition coefficient (Wildman–Crippen LogP) is 6.60. The van der Waals surface area contributed by atoms with Crippen LogP contribution in [0.15, 0.2) is 90.3 Å². The van der Waals surface area contributed by atoms with Crippen LogP contribution in [-0.2, 0) is 49.7 Å². The standard InChI is InChI=1S/C20H21N3O4S.C19H18N2O4S.C3H4O3.C3H6/c1-3-13-6-9-16(21-11-13)17(23-26-2)12-27-15-7-4-14(5-8-15)10-18-19(24)22-20(25)28-18;1-2-12-5-8-15(20-10-12)16(22)11-25-14-6-3-13(4-7-14)9-17-18(23)21-19(24)26-17;1-2(4)3(5)6;1-2-3-1/h4-9,11,18H,3,10,12H2,1-2H3,(H,22,24,25);3-8,10,17H,2,9,11H2,1H3,(H,21,23,24);1H3,(H,5,6);1-3H2. The van der Waals surface area contributed by atoms with E-state index in [1.165, 1.54) is 26.4 Å². The number of rotatable bonds is 16. The molecular formula is C45H49N5O11S2. The molecule has 18 heteroatoms. The van der Waals surface area contributed by atoms with E-state index >= 15 is 0 Å². The number of carboxylic acid groups (broad SMARTS) is 1. The number of aliphatic carboxylic acids is 1. The second-order valence-electron chi connectivity index (χ2n) is 13.9. The molecule has 3 aliphatic rings. The highest BCUT2D eigenvalue weighted by Gasteiger charge is 2.32. The first-order valence-electron chi connectivity index (χ1n) is 20.0. The molecule has 7 rings (SSSR count). The van der Waals surface area contributed by atoms with Gasteiger partial charge in [-0.05, 0) is 84.3 Å². The maximum atomic E-state index is 12.1. The molecule has 1 aliphatic carbocycles.